The lowest BCUT2D eigenvalue weighted by Crippen LogP contribution is -2.23. The highest BCUT2D eigenvalue weighted by atomic mass is 16.5. The van der Waals surface area contributed by atoms with Crippen LogP contribution in [0.1, 0.15) is 28.8 Å². The summed E-state index contributed by atoms with van der Waals surface area (Å²) in [6.07, 6.45) is 4.16. The Labute approximate surface area is 192 Å². The normalized spacial score (nSPS) is 10.5. The number of pyridine rings is 1. The highest BCUT2D eigenvalue weighted by Gasteiger charge is 2.07. The zero-order chi connectivity index (χ0) is 22.9. The summed E-state index contributed by atoms with van der Waals surface area (Å²) in [5, 5.41) is 7.99. The molecule has 4 aromatic rings. The lowest BCUT2D eigenvalue weighted by Gasteiger charge is -2.10. The average Bonchev–Trinajstić information content (AvgIpc) is 2.86. The van der Waals surface area contributed by atoms with Crippen LogP contribution in [-0.4, -0.2) is 23.4 Å². The second-order valence-electron chi connectivity index (χ2n) is 7.60. The van der Waals surface area contributed by atoms with Gasteiger partial charge in [0.25, 0.3) is 5.91 Å². The number of rotatable bonds is 9. The van der Waals surface area contributed by atoms with Crippen molar-refractivity contribution >= 4 is 28.3 Å². The Kier molecular flexibility index (Phi) is 7.28. The van der Waals surface area contributed by atoms with Gasteiger partial charge in [-0.25, -0.2) is 0 Å². The fraction of sp³-hybridized carbons (Fsp3) is 0.148. The molecule has 0 radical (unpaired) electrons. The molecular formula is C27H25N3O3. The number of nitrogens with one attached hydrogen (secondary N) is 2. The molecule has 0 aliphatic rings. The van der Waals surface area contributed by atoms with E-state index in [9.17, 15) is 9.59 Å². The Bertz CT molecular complexity index is 1240. The van der Waals surface area contributed by atoms with Crippen molar-refractivity contribution in [2.75, 3.05) is 11.9 Å². The molecule has 0 saturated heterocycles. The predicted octanol–water partition coefficient (Wildman–Crippen LogP) is 4.96. The first kappa shape index (κ1) is 22.0. The van der Waals surface area contributed by atoms with E-state index in [1.807, 2.05) is 54.6 Å². The van der Waals surface area contributed by atoms with E-state index in [-0.39, 0.29) is 11.8 Å². The molecule has 0 saturated carbocycles. The molecule has 33 heavy (non-hydrogen) atoms. The van der Waals surface area contributed by atoms with Gasteiger partial charge in [0.15, 0.2) is 0 Å². The van der Waals surface area contributed by atoms with Crippen LogP contribution in [0.3, 0.4) is 0 Å². The number of hydrogen-bond acceptors (Lipinski definition) is 4. The highest BCUT2D eigenvalue weighted by Crippen LogP contribution is 2.25. The maximum Gasteiger partial charge on any atom is 0.255 e. The molecule has 0 spiro atoms. The van der Waals surface area contributed by atoms with Crippen molar-refractivity contribution in [3.63, 3.8) is 0 Å². The SMILES string of the molecule is O=C(CCCOc1cccc2ccccc12)NCc1cccc(NC(=O)c2ccncc2)c1. The number of carbonyl (C=O) groups excluding carboxylic acids is 2. The number of amides is 2. The van der Waals surface area contributed by atoms with Crippen LogP contribution in [0, 0.1) is 0 Å². The summed E-state index contributed by atoms with van der Waals surface area (Å²) in [7, 11) is 0. The van der Waals surface area contributed by atoms with Crippen LogP contribution < -0.4 is 15.4 Å². The van der Waals surface area contributed by atoms with Gasteiger partial charge in [0.1, 0.15) is 5.75 Å². The lowest BCUT2D eigenvalue weighted by atomic mass is 10.1. The van der Waals surface area contributed by atoms with Crippen molar-refractivity contribution < 1.29 is 14.3 Å². The van der Waals surface area contributed by atoms with Crippen LogP contribution >= 0.6 is 0 Å². The second kappa shape index (κ2) is 10.9. The number of fused-ring (bicyclic) bond motifs is 1. The van der Waals surface area contributed by atoms with Crippen LogP contribution in [0.2, 0.25) is 0 Å². The maximum absolute atomic E-state index is 12.3. The van der Waals surface area contributed by atoms with Crippen molar-refractivity contribution in [2.45, 2.75) is 19.4 Å². The number of benzene rings is 3. The summed E-state index contributed by atoms with van der Waals surface area (Å²) in [6, 6.07) is 24.8. The molecule has 0 fully saturated rings. The van der Waals surface area contributed by atoms with Crippen molar-refractivity contribution in [3.8, 4) is 5.75 Å². The molecule has 0 aliphatic carbocycles. The highest BCUT2D eigenvalue weighted by molar-refractivity contribution is 6.04. The Morgan fingerprint density at radius 1 is 0.879 bits per heavy atom. The monoisotopic (exact) mass is 439 g/mol. The Balaban J connectivity index is 1.21. The minimum atomic E-state index is -0.204. The van der Waals surface area contributed by atoms with Gasteiger partial charge in [-0.3, -0.25) is 14.6 Å². The predicted molar refractivity (Wildman–Crippen MR) is 129 cm³/mol. The molecule has 0 atom stereocenters. The summed E-state index contributed by atoms with van der Waals surface area (Å²) in [6.45, 7) is 0.861. The van der Waals surface area contributed by atoms with E-state index in [1.54, 1.807) is 24.5 Å². The first-order valence-electron chi connectivity index (χ1n) is 10.9. The molecule has 2 amide bonds. The fourth-order valence-electron chi connectivity index (χ4n) is 3.49. The minimum absolute atomic E-state index is 0.0391. The number of carbonyl (C=O) groups is 2. The Hall–Kier alpha value is -4.19. The van der Waals surface area contributed by atoms with Crippen molar-refractivity contribution in [1.82, 2.24) is 10.3 Å². The largest absolute Gasteiger partial charge is 0.493 e. The van der Waals surface area contributed by atoms with Crippen LogP contribution in [0.5, 0.6) is 5.75 Å². The van der Waals surface area contributed by atoms with Gasteiger partial charge in [0, 0.05) is 42.0 Å². The summed E-state index contributed by atoms with van der Waals surface area (Å²) >= 11 is 0. The van der Waals surface area contributed by atoms with E-state index >= 15 is 0 Å². The third-order valence-electron chi connectivity index (χ3n) is 5.17. The van der Waals surface area contributed by atoms with E-state index < -0.39 is 0 Å². The molecule has 1 heterocycles. The molecular weight excluding hydrogens is 414 g/mol. The van der Waals surface area contributed by atoms with Crippen molar-refractivity contribution in [1.29, 1.82) is 0 Å². The average molecular weight is 440 g/mol. The van der Waals surface area contributed by atoms with E-state index in [0.29, 0.717) is 37.2 Å². The van der Waals surface area contributed by atoms with E-state index in [1.165, 1.54) is 0 Å². The number of ether oxygens (including phenoxy) is 1. The van der Waals surface area contributed by atoms with Gasteiger partial charge in [-0.05, 0) is 47.7 Å². The van der Waals surface area contributed by atoms with Gasteiger partial charge < -0.3 is 15.4 Å². The Morgan fingerprint density at radius 3 is 2.55 bits per heavy atom. The summed E-state index contributed by atoms with van der Waals surface area (Å²) in [5.41, 5.74) is 2.12. The number of anilines is 1. The number of nitrogens with zero attached hydrogens (tertiary/aromatic N) is 1. The van der Waals surface area contributed by atoms with Crippen LogP contribution in [-0.2, 0) is 11.3 Å². The van der Waals surface area contributed by atoms with Gasteiger partial charge in [0.2, 0.25) is 5.91 Å². The fourth-order valence-corrected chi connectivity index (χ4v) is 3.49. The summed E-state index contributed by atoms with van der Waals surface area (Å²) in [5.74, 6) is 0.590. The summed E-state index contributed by atoms with van der Waals surface area (Å²) < 4.78 is 5.90. The first-order valence-corrected chi connectivity index (χ1v) is 10.9. The second-order valence-corrected chi connectivity index (χ2v) is 7.60. The zero-order valence-electron chi connectivity index (χ0n) is 18.2. The van der Waals surface area contributed by atoms with E-state index in [2.05, 4.69) is 27.8 Å². The summed E-state index contributed by atoms with van der Waals surface area (Å²) in [4.78, 5) is 28.5. The smallest absolute Gasteiger partial charge is 0.255 e. The Morgan fingerprint density at radius 2 is 1.67 bits per heavy atom. The third kappa shape index (κ3) is 6.17. The van der Waals surface area contributed by atoms with Gasteiger partial charge in [-0.15, -0.1) is 0 Å². The van der Waals surface area contributed by atoms with Gasteiger partial charge >= 0.3 is 0 Å². The van der Waals surface area contributed by atoms with Crippen LogP contribution in [0.4, 0.5) is 5.69 Å². The maximum atomic E-state index is 12.3. The molecule has 6 nitrogen and oxygen atoms in total. The topological polar surface area (TPSA) is 80.3 Å². The molecule has 0 bridgehead atoms. The molecule has 0 unspecified atom stereocenters. The standard InChI is InChI=1S/C27H25N3O3/c31-26(12-5-17-33-25-11-4-8-21-7-1-2-10-24(21)25)29-19-20-6-3-9-23(18-20)30-27(32)22-13-15-28-16-14-22/h1-4,6-11,13-16,18H,5,12,17,19H2,(H,29,31)(H,30,32). The molecule has 3 aromatic carbocycles. The van der Waals surface area contributed by atoms with Gasteiger partial charge in [-0.1, -0.05) is 48.5 Å². The molecule has 6 heteroatoms. The first-order chi connectivity index (χ1) is 16.2. The third-order valence-corrected chi connectivity index (χ3v) is 5.17. The molecule has 166 valence electrons. The zero-order valence-corrected chi connectivity index (χ0v) is 18.2. The van der Waals surface area contributed by atoms with Crippen molar-refractivity contribution in [2.24, 2.45) is 0 Å². The lowest BCUT2D eigenvalue weighted by molar-refractivity contribution is -0.121. The molecule has 2 N–H and O–H groups in total. The minimum Gasteiger partial charge on any atom is -0.493 e. The molecule has 1 aromatic heterocycles. The number of aromatic nitrogens is 1. The van der Waals surface area contributed by atoms with E-state index in [0.717, 1.165) is 22.1 Å². The van der Waals surface area contributed by atoms with E-state index in [4.69, 9.17) is 4.74 Å². The van der Waals surface area contributed by atoms with Gasteiger partial charge in [0.05, 0.1) is 6.61 Å². The molecule has 0 aliphatic heterocycles. The molecule has 4 rings (SSSR count). The van der Waals surface area contributed by atoms with Gasteiger partial charge in [-0.2, -0.15) is 0 Å². The van der Waals surface area contributed by atoms with Crippen LogP contribution in [0.15, 0.2) is 91.3 Å². The number of hydrogen-bond donors (Lipinski definition) is 2. The van der Waals surface area contributed by atoms with Crippen LogP contribution in [0.25, 0.3) is 10.8 Å². The van der Waals surface area contributed by atoms with Crippen molar-refractivity contribution in [3.05, 3.63) is 102 Å². The quantitative estimate of drug-likeness (QED) is 0.361.